The average molecular weight is 358 g/mol. The summed E-state index contributed by atoms with van der Waals surface area (Å²) in [5.41, 5.74) is 2.13. The Kier molecular flexibility index (Phi) is 4.35. The second-order valence-corrected chi connectivity index (χ2v) is 7.91. The highest BCUT2D eigenvalue weighted by Crippen LogP contribution is 2.38. The van der Waals surface area contributed by atoms with E-state index in [1.54, 1.807) is 22.7 Å². The van der Waals surface area contributed by atoms with Gasteiger partial charge in [0.25, 0.3) is 0 Å². The van der Waals surface area contributed by atoms with Gasteiger partial charge in [0.05, 0.1) is 16.3 Å². The number of nitrogens with zero attached hydrogens (tertiary/aromatic N) is 2. The fraction of sp³-hybridized carbons (Fsp3) is 0.333. The van der Waals surface area contributed by atoms with Gasteiger partial charge in [-0.3, -0.25) is 9.69 Å². The minimum Gasteiger partial charge on any atom is -0.480 e. The third-order valence-electron chi connectivity index (χ3n) is 4.56. The molecule has 2 atom stereocenters. The highest BCUT2D eigenvalue weighted by atomic mass is 32.1. The standard InChI is InChI=1S/C18H18N2O2S2/c21-18(22)14-6-3-4-9-20(14)16(12-8-10-23-11-12)17-19-13-5-1-2-7-15(13)24-17/h1-2,5,7-8,10-11,14,16H,3-4,6,9H2,(H,21,22). The Labute approximate surface area is 148 Å². The largest absolute Gasteiger partial charge is 0.480 e. The highest BCUT2D eigenvalue weighted by molar-refractivity contribution is 7.18. The number of hydrogen-bond donors (Lipinski definition) is 1. The van der Waals surface area contributed by atoms with Crippen molar-refractivity contribution in [1.29, 1.82) is 0 Å². The average Bonchev–Trinajstić information content (AvgIpc) is 3.25. The first-order chi connectivity index (χ1) is 11.7. The molecular formula is C18H18N2O2S2. The number of hydrogen-bond acceptors (Lipinski definition) is 5. The van der Waals surface area contributed by atoms with Gasteiger partial charge in [0, 0.05) is 6.54 Å². The molecule has 1 aromatic carbocycles. The monoisotopic (exact) mass is 358 g/mol. The van der Waals surface area contributed by atoms with E-state index in [4.69, 9.17) is 4.98 Å². The van der Waals surface area contributed by atoms with Crippen molar-refractivity contribution < 1.29 is 9.90 Å². The van der Waals surface area contributed by atoms with Gasteiger partial charge in [-0.25, -0.2) is 4.98 Å². The molecule has 124 valence electrons. The van der Waals surface area contributed by atoms with Crippen molar-refractivity contribution in [1.82, 2.24) is 9.88 Å². The third-order valence-corrected chi connectivity index (χ3v) is 6.35. The van der Waals surface area contributed by atoms with Crippen LogP contribution in [0.4, 0.5) is 0 Å². The molecule has 0 bridgehead atoms. The maximum absolute atomic E-state index is 11.8. The van der Waals surface area contributed by atoms with Gasteiger partial charge in [0.1, 0.15) is 11.0 Å². The number of fused-ring (bicyclic) bond motifs is 1. The van der Waals surface area contributed by atoms with Gasteiger partial charge in [-0.2, -0.15) is 11.3 Å². The van der Waals surface area contributed by atoms with Crippen LogP contribution in [0.3, 0.4) is 0 Å². The minimum atomic E-state index is -0.726. The van der Waals surface area contributed by atoms with Crippen LogP contribution >= 0.6 is 22.7 Å². The molecule has 1 aliphatic heterocycles. The molecule has 6 heteroatoms. The Balaban J connectivity index is 1.80. The van der Waals surface area contributed by atoms with E-state index < -0.39 is 12.0 Å². The molecule has 1 N–H and O–H groups in total. The van der Waals surface area contributed by atoms with Crippen LogP contribution in [0, 0.1) is 0 Å². The molecule has 4 nitrogen and oxygen atoms in total. The molecule has 1 aliphatic rings. The number of carbonyl (C=O) groups is 1. The molecule has 3 aromatic rings. The van der Waals surface area contributed by atoms with Gasteiger partial charge in [0.2, 0.25) is 0 Å². The minimum absolute atomic E-state index is 0.0740. The fourth-order valence-corrected chi connectivity index (χ4v) is 5.24. The molecule has 3 heterocycles. The second kappa shape index (κ2) is 6.63. The summed E-state index contributed by atoms with van der Waals surface area (Å²) < 4.78 is 1.15. The first-order valence-electron chi connectivity index (χ1n) is 8.10. The van der Waals surface area contributed by atoms with Crippen LogP contribution in [0.25, 0.3) is 10.2 Å². The molecule has 2 aromatic heterocycles. The zero-order valence-electron chi connectivity index (χ0n) is 13.1. The molecule has 1 saturated heterocycles. The summed E-state index contributed by atoms with van der Waals surface area (Å²) in [4.78, 5) is 18.7. The number of carboxylic acids is 1. The lowest BCUT2D eigenvalue weighted by atomic mass is 9.97. The molecule has 1 fully saturated rings. The lowest BCUT2D eigenvalue weighted by molar-refractivity contribution is -0.145. The summed E-state index contributed by atoms with van der Waals surface area (Å²) in [5.74, 6) is -0.726. The van der Waals surface area contributed by atoms with Crippen LogP contribution in [-0.2, 0) is 4.79 Å². The molecule has 24 heavy (non-hydrogen) atoms. The Morgan fingerprint density at radius 3 is 2.92 bits per heavy atom. The summed E-state index contributed by atoms with van der Waals surface area (Å²) in [6.45, 7) is 0.799. The van der Waals surface area contributed by atoms with Crippen molar-refractivity contribution in [3.05, 3.63) is 51.7 Å². The second-order valence-electron chi connectivity index (χ2n) is 6.07. The number of thiazole rings is 1. The molecule has 0 saturated carbocycles. The first kappa shape index (κ1) is 15.7. The number of para-hydroxylation sites is 1. The lowest BCUT2D eigenvalue weighted by Gasteiger charge is -2.38. The SMILES string of the molecule is O=C(O)C1CCCCN1C(c1ccsc1)c1nc2ccccc2s1. The smallest absolute Gasteiger partial charge is 0.320 e. The number of thiophene rings is 1. The highest BCUT2D eigenvalue weighted by Gasteiger charge is 2.36. The summed E-state index contributed by atoms with van der Waals surface area (Å²) in [6, 6.07) is 9.69. The van der Waals surface area contributed by atoms with Crippen LogP contribution in [0.5, 0.6) is 0 Å². The zero-order valence-corrected chi connectivity index (χ0v) is 14.7. The van der Waals surface area contributed by atoms with E-state index in [0.717, 1.165) is 40.2 Å². The number of piperidine rings is 1. The Bertz CT molecular complexity index is 811. The zero-order chi connectivity index (χ0) is 16.5. The Morgan fingerprint density at radius 1 is 1.29 bits per heavy atom. The molecule has 0 spiro atoms. The van der Waals surface area contributed by atoms with Gasteiger partial charge in [-0.15, -0.1) is 11.3 Å². The normalized spacial score (nSPS) is 20.2. The number of aliphatic carboxylic acids is 1. The van der Waals surface area contributed by atoms with E-state index in [0.29, 0.717) is 6.42 Å². The van der Waals surface area contributed by atoms with Crippen LogP contribution < -0.4 is 0 Å². The van der Waals surface area contributed by atoms with E-state index in [9.17, 15) is 9.90 Å². The van der Waals surface area contributed by atoms with Crippen molar-refractivity contribution >= 4 is 38.9 Å². The van der Waals surface area contributed by atoms with Gasteiger partial charge < -0.3 is 5.11 Å². The number of rotatable bonds is 4. The van der Waals surface area contributed by atoms with E-state index in [-0.39, 0.29) is 6.04 Å². The van der Waals surface area contributed by atoms with E-state index in [2.05, 4.69) is 27.8 Å². The number of aromatic nitrogens is 1. The van der Waals surface area contributed by atoms with Crippen molar-refractivity contribution in [2.45, 2.75) is 31.3 Å². The topological polar surface area (TPSA) is 53.4 Å². The molecule has 4 rings (SSSR count). The maximum Gasteiger partial charge on any atom is 0.320 e. The number of likely N-dealkylation sites (tertiary alicyclic amines) is 1. The van der Waals surface area contributed by atoms with Gasteiger partial charge in [0.15, 0.2) is 0 Å². The van der Waals surface area contributed by atoms with Gasteiger partial charge >= 0.3 is 5.97 Å². The predicted molar refractivity (Wildman–Crippen MR) is 97.8 cm³/mol. The van der Waals surface area contributed by atoms with Crippen LogP contribution in [-0.4, -0.2) is 33.5 Å². The summed E-state index contributed by atoms with van der Waals surface area (Å²) in [5, 5.41) is 14.8. The van der Waals surface area contributed by atoms with Crippen molar-refractivity contribution in [2.75, 3.05) is 6.54 Å². The number of carboxylic acid groups (broad SMARTS) is 1. The molecule has 0 amide bonds. The summed E-state index contributed by atoms with van der Waals surface area (Å²) in [6.07, 6.45) is 2.72. The van der Waals surface area contributed by atoms with Crippen LogP contribution in [0.2, 0.25) is 0 Å². The van der Waals surface area contributed by atoms with E-state index in [1.165, 1.54) is 0 Å². The van der Waals surface area contributed by atoms with E-state index in [1.807, 2.05) is 18.2 Å². The fourth-order valence-electron chi connectivity index (χ4n) is 3.44. The quantitative estimate of drug-likeness (QED) is 0.752. The van der Waals surface area contributed by atoms with Gasteiger partial charge in [-0.1, -0.05) is 18.6 Å². The predicted octanol–water partition coefficient (Wildman–Crippen LogP) is 4.39. The van der Waals surface area contributed by atoms with E-state index >= 15 is 0 Å². The summed E-state index contributed by atoms with van der Waals surface area (Å²) in [7, 11) is 0. The molecule has 0 aliphatic carbocycles. The van der Waals surface area contributed by atoms with Crippen molar-refractivity contribution in [3.8, 4) is 0 Å². The van der Waals surface area contributed by atoms with Gasteiger partial charge in [-0.05, 0) is 47.4 Å². The molecular weight excluding hydrogens is 340 g/mol. The Morgan fingerprint density at radius 2 is 2.17 bits per heavy atom. The maximum atomic E-state index is 11.8. The molecule has 0 radical (unpaired) electrons. The number of benzene rings is 1. The summed E-state index contributed by atoms with van der Waals surface area (Å²) >= 11 is 3.32. The third kappa shape index (κ3) is 2.85. The van der Waals surface area contributed by atoms with Crippen LogP contribution in [0.1, 0.15) is 35.9 Å². The first-order valence-corrected chi connectivity index (χ1v) is 9.86. The van der Waals surface area contributed by atoms with Crippen molar-refractivity contribution in [2.24, 2.45) is 0 Å². The Hall–Kier alpha value is -1.76. The van der Waals surface area contributed by atoms with Crippen molar-refractivity contribution in [3.63, 3.8) is 0 Å². The molecule has 2 unspecified atom stereocenters. The van der Waals surface area contributed by atoms with Crippen LogP contribution in [0.15, 0.2) is 41.1 Å². The lowest BCUT2D eigenvalue weighted by Crippen LogP contribution is -2.46.